The Bertz CT molecular complexity index is 2620. The molecule has 0 fully saturated rings. The van der Waals surface area contributed by atoms with Gasteiger partial charge in [-0.1, -0.05) is 127 Å². The van der Waals surface area contributed by atoms with Crippen molar-refractivity contribution >= 4 is 39.3 Å². The Balaban J connectivity index is 1.26. The number of aromatic nitrogens is 1. The summed E-state index contributed by atoms with van der Waals surface area (Å²) in [6, 6.07) is 50.9. The first-order chi connectivity index (χ1) is 24.9. The molecule has 0 radical (unpaired) electrons. The summed E-state index contributed by atoms with van der Waals surface area (Å²) in [6.07, 6.45) is 0. The third-order valence-electron chi connectivity index (χ3n) is 10.2. The van der Waals surface area contributed by atoms with Gasteiger partial charge in [-0.3, -0.25) is 9.59 Å². The quantitative estimate of drug-likeness (QED) is 0.173. The zero-order valence-electron chi connectivity index (χ0n) is 28.6. The SMILES string of the molecule is Cc1cc(C)c(-c2ccc3c(c2)c2ccccc2n3-c2cccc3c2C(=O)N(c2c(-c4ccccc4)cccc2-c2ccccc2)C3=O)c(C)c1. The normalized spacial score (nSPS) is 12.6. The molecule has 0 bridgehead atoms. The Kier molecular flexibility index (Phi) is 7.08. The average molecular weight is 659 g/mol. The van der Waals surface area contributed by atoms with E-state index >= 15 is 0 Å². The number of carbonyl (C=O) groups excluding carboxylic acids is 2. The Morgan fingerprint density at radius 2 is 1.00 bits per heavy atom. The molecule has 1 aromatic heterocycles. The van der Waals surface area contributed by atoms with Gasteiger partial charge in [0.1, 0.15) is 0 Å². The predicted octanol–water partition coefficient (Wildman–Crippen LogP) is 11.5. The third-order valence-corrected chi connectivity index (χ3v) is 10.2. The van der Waals surface area contributed by atoms with Crippen molar-refractivity contribution in [3.63, 3.8) is 0 Å². The van der Waals surface area contributed by atoms with Gasteiger partial charge in [0.15, 0.2) is 0 Å². The number of hydrogen-bond donors (Lipinski definition) is 0. The minimum Gasteiger partial charge on any atom is -0.308 e. The van der Waals surface area contributed by atoms with Gasteiger partial charge < -0.3 is 4.57 Å². The fourth-order valence-electron chi connectivity index (χ4n) is 8.17. The van der Waals surface area contributed by atoms with Crippen LogP contribution >= 0.6 is 0 Å². The summed E-state index contributed by atoms with van der Waals surface area (Å²) in [4.78, 5) is 31.0. The first-order valence-electron chi connectivity index (χ1n) is 17.3. The number of imide groups is 1. The lowest BCUT2D eigenvalue weighted by molar-refractivity contribution is 0.0926. The molecule has 2 amide bonds. The van der Waals surface area contributed by atoms with Crippen LogP contribution in [0.5, 0.6) is 0 Å². The fraction of sp³-hybridized carbons (Fsp3) is 0.0638. The van der Waals surface area contributed by atoms with E-state index in [-0.39, 0.29) is 11.8 Å². The number of hydrogen-bond acceptors (Lipinski definition) is 2. The van der Waals surface area contributed by atoms with Crippen molar-refractivity contribution in [2.75, 3.05) is 4.90 Å². The summed E-state index contributed by atoms with van der Waals surface area (Å²) in [5.74, 6) is -0.662. The standard InChI is InChI=1S/C47H34N2O2/c1-29-26-30(2)43(31(3)27-29)34-24-25-41-39(28-34)37-18-10-11-22-40(37)48(41)42-23-13-21-38-44(42)47(51)49(46(38)50)45-35(32-14-6-4-7-15-32)19-12-20-36(45)33-16-8-5-9-17-33/h4-28H,1-3H3. The monoisotopic (exact) mass is 658 g/mol. The fourth-order valence-corrected chi connectivity index (χ4v) is 8.17. The van der Waals surface area contributed by atoms with E-state index < -0.39 is 0 Å². The van der Waals surface area contributed by atoms with Crippen LogP contribution in [0.1, 0.15) is 37.4 Å². The van der Waals surface area contributed by atoms with Crippen LogP contribution in [0.15, 0.2) is 152 Å². The van der Waals surface area contributed by atoms with Crippen molar-refractivity contribution in [2.45, 2.75) is 20.8 Å². The van der Waals surface area contributed by atoms with Gasteiger partial charge in [0, 0.05) is 21.9 Å². The molecule has 51 heavy (non-hydrogen) atoms. The highest BCUT2D eigenvalue weighted by Crippen LogP contribution is 2.45. The van der Waals surface area contributed by atoms with E-state index in [1.165, 1.54) is 27.2 Å². The Morgan fingerprint density at radius 3 is 1.67 bits per heavy atom. The maximum absolute atomic E-state index is 15.0. The third kappa shape index (κ3) is 4.75. The number of rotatable bonds is 5. The number of amides is 2. The van der Waals surface area contributed by atoms with Crippen LogP contribution in [0.3, 0.4) is 0 Å². The number of fused-ring (bicyclic) bond motifs is 4. The van der Waals surface area contributed by atoms with Gasteiger partial charge in [-0.2, -0.15) is 0 Å². The second kappa shape index (κ2) is 11.8. The highest BCUT2D eigenvalue weighted by molar-refractivity contribution is 6.37. The zero-order chi connectivity index (χ0) is 34.8. The van der Waals surface area contributed by atoms with E-state index in [1.807, 2.05) is 97.1 Å². The number of para-hydroxylation sites is 2. The number of anilines is 1. The van der Waals surface area contributed by atoms with Gasteiger partial charge >= 0.3 is 0 Å². The van der Waals surface area contributed by atoms with Gasteiger partial charge in [-0.05, 0) is 84.5 Å². The molecule has 0 N–H and O–H groups in total. The van der Waals surface area contributed by atoms with E-state index in [1.54, 1.807) is 6.07 Å². The summed E-state index contributed by atoms with van der Waals surface area (Å²) in [6.45, 7) is 6.47. The summed E-state index contributed by atoms with van der Waals surface area (Å²) in [5.41, 5.74) is 13.7. The van der Waals surface area contributed by atoms with E-state index in [0.29, 0.717) is 22.5 Å². The van der Waals surface area contributed by atoms with Crippen molar-refractivity contribution in [3.05, 3.63) is 179 Å². The summed E-state index contributed by atoms with van der Waals surface area (Å²) in [7, 11) is 0. The lowest BCUT2D eigenvalue weighted by Gasteiger charge is -2.23. The number of aryl methyl sites for hydroxylation is 3. The molecule has 4 heteroatoms. The number of carbonyl (C=O) groups is 2. The molecule has 1 aliphatic rings. The molecule has 8 aromatic rings. The molecular formula is C47H34N2O2. The number of nitrogens with zero attached hydrogens (tertiary/aromatic N) is 2. The largest absolute Gasteiger partial charge is 0.308 e. The zero-order valence-corrected chi connectivity index (χ0v) is 28.6. The highest BCUT2D eigenvalue weighted by Gasteiger charge is 2.41. The molecule has 0 unspecified atom stereocenters. The summed E-state index contributed by atoms with van der Waals surface area (Å²) >= 11 is 0. The summed E-state index contributed by atoms with van der Waals surface area (Å²) < 4.78 is 2.15. The van der Waals surface area contributed by atoms with Crippen molar-refractivity contribution in [1.29, 1.82) is 0 Å². The van der Waals surface area contributed by atoms with Crippen LogP contribution < -0.4 is 4.90 Å². The second-order valence-corrected chi connectivity index (χ2v) is 13.4. The lowest BCUT2D eigenvalue weighted by Crippen LogP contribution is -2.30. The molecule has 9 rings (SSSR count). The Labute approximate surface area is 296 Å². The minimum atomic E-state index is -0.334. The van der Waals surface area contributed by atoms with Gasteiger partial charge in [-0.15, -0.1) is 0 Å². The molecule has 4 nitrogen and oxygen atoms in total. The average Bonchev–Trinajstić information content (AvgIpc) is 3.61. The van der Waals surface area contributed by atoms with Crippen LogP contribution in [0, 0.1) is 20.8 Å². The van der Waals surface area contributed by atoms with Gasteiger partial charge in [0.25, 0.3) is 11.8 Å². The van der Waals surface area contributed by atoms with Crippen LogP contribution in [0.2, 0.25) is 0 Å². The van der Waals surface area contributed by atoms with Crippen LogP contribution in [0.25, 0.3) is 60.9 Å². The summed E-state index contributed by atoms with van der Waals surface area (Å²) in [5, 5.41) is 2.18. The van der Waals surface area contributed by atoms with Crippen LogP contribution in [-0.2, 0) is 0 Å². The smallest absolute Gasteiger partial charge is 0.268 e. The molecule has 0 aliphatic carbocycles. The van der Waals surface area contributed by atoms with Gasteiger partial charge in [0.05, 0.1) is 33.5 Å². The Morgan fingerprint density at radius 1 is 0.431 bits per heavy atom. The molecule has 244 valence electrons. The molecule has 1 aliphatic heterocycles. The molecule has 2 heterocycles. The molecular weight excluding hydrogens is 625 g/mol. The van der Waals surface area contributed by atoms with Crippen LogP contribution in [-0.4, -0.2) is 16.4 Å². The topological polar surface area (TPSA) is 42.3 Å². The van der Waals surface area contributed by atoms with E-state index in [0.717, 1.165) is 49.6 Å². The van der Waals surface area contributed by atoms with E-state index in [9.17, 15) is 9.59 Å². The highest BCUT2D eigenvalue weighted by atomic mass is 16.2. The van der Waals surface area contributed by atoms with E-state index in [2.05, 4.69) is 73.9 Å². The van der Waals surface area contributed by atoms with Gasteiger partial charge in [0.2, 0.25) is 0 Å². The molecule has 0 saturated carbocycles. The minimum absolute atomic E-state index is 0.328. The van der Waals surface area contributed by atoms with Crippen molar-refractivity contribution in [3.8, 4) is 39.1 Å². The first-order valence-corrected chi connectivity index (χ1v) is 17.3. The van der Waals surface area contributed by atoms with Crippen molar-refractivity contribution in [1.82, 2.24) is 4.57 Å². The molecule has 0 spiro atoms. The van der Waals surface area contributed by atoms with E-state index in [4.69, 9.17) is 0 Å². The Hall–Kier alpha value is -6.52. The number of benzene rings is 7. The first kappa shape index (κ1) is 30.5. The lowest BCUT2D eigenvalue weighted by atomic mass is 9.93. The van der Waals surface area contributed by atoms with Crippen LogP contribution in [0.4, 0.5) is 5.69 Å². The predicted molar refractivity (Wildman–Crippen MR) is 209 cm³/mol. The molecule has 0 saturated heterocycles. The van der Waals surface area contributed by atoms with Gasteiger partial charge in [-0.25, -0.2) is 4.90 Å². The maximum atomic E-state index is 15.0. The molecule has 7 aromatic carbocycles. The van der Waals surface area contributed by atoms with Crippen molar-refractivity contribution < 1.29 is 9.59 Å². The van der Waals surface area contributed by atoms with Crippen molar-refractivity contribution in [2.24, 2.45) is 0 Å². The maximum Gasteiger partial charge on any atom is 0.268 e. The second-order valence-electron chi connectivity index (χ2n) is 13.4. The molecule has 0 atom stereocenters.